The van der Waals surface area contributed by atoms with E-state index in [1.807, 2.05) is 18.3 Å². The molecule has 0 saturated heterocycles. The van der Waals surface area contributed by atoms with Crippen molar-refractivity contribution in [3.63, 3.8) is 0 Å². The van der Waals surface area contributed by atoms with Crippen molar-refractivity contribution in [1.29, 1.82) is 0 Å². The minimum Gasteiger partial charge on any atom is -0.321 e. The average Bonchev–Trinajstić information content (AvgIpc) is 2.66. The second-order valence-electron chi connectivity index (χ2n) is 4.20. The molecule has 1 aliphatic rings. The van der Waals surface area contributed by atoms with Gasteiger partial charge in [-0.25, -0.2) is 0 Å². The Balaban J connectivity index is 2.26. The first-order valence-corrected chi connectivity index (χ1v) is 5.46. The quantitative estimate of drug-likeness (QED) is 0.647. The maximum Gasteiger partial charge on any atom is 0.150 e. The molecule has 0 aromatic carbocycles. The van der Waals surface area contributed by atoms with E-state index in [-0.39, 0.29) is 0 Å². The van der Waals surface area contributed by atoms with Gasteiger partial charge in [0.1, 0.15) is 6.29 Å². The summed E-state index contributed by atoms with van der Waals surface area (Å²) in [6.07, 6.45) is 7.87. The van der Waals surface area contributed by atoms with Crippen molar-refractivity contribution < 1.29 is 4.79 Å². The van der Waals surface area contributed by atoms with Crippen molar-refractivity contribution in [1.82, 2.24) is 4.40 Å². The lowest BCUT2D eigenvalue weighted by molar-refractivity contribution is 0.112. The van der Waals surface area contributed by atoms with Crippen molar-refractivity contribution in [2.45, 2.75) is 25.7 Å². The Labute approximate surface area is 88.5 Å². The second-order valence-corrected chi connectivity index (χ2v) is 4.20. The van der Waals surface area contributed by atoms with Crippen LogP contribution in [0.4, 0.5) is 0 Å². The summed E-state index contributed by atoms with van der Waals surface area (Å²) in [6.45, 7) is 0. The van der Waals surface area contributed by atoms with E-state index in [1.54, 1.807) is 0 Å². The lowest BCUT2D eigenvalue weighted by Gasteiger charge is -2.11. The molecular weight excluding hydrogens is 186 g/mol. The van der Waals surface area contributed by atoms with Gasteiger partial charge in [0.15, 0.2) is 0 Å². The molecule has 0 radical (unpaired) electrons. The Bertz CT molecular complexity index is 525. The minimum atomic E-state index is 0.761. The van der Waals surface area contributed by atoms with Gasteiger partial charge in [-0.1, -0.05) is 0 Å². The van der Waals surface area contributed by atoms with Gasteiger partial charge in [0.25, 0.3) is 0 Å². The largest absolute Gasteiger partial charge is 0.321 e. The summed E-state index contributed by atoms with van der Waals surface area (Å²) in [4.78, 5) is 10.7. The molecule has 0 unspecified atom stereocenters. The van der Waals surface area contributed by atoms with Crippen LogP contribution in [0.15, 0.2) is 24.4 Å². The van der Waals surface area contributed by atoms with E-state index in [2.05, 4.69) is 10.5 Å². The topological polar surface area (TPSA) is 21.5 Å². The van der Waals surface area contributed by atoms with Gasteiger partial charge in [0.2, 0.25) is 0 Å². The monoisotopic (exact) mass is 199 g/mol. The minimum absolute atomic E-state index is 0.761. The van der Waals surface area contributed by atoms with Crippen LogP contribution in [0.3, 0.4) is 0 Å². The highest BCUT2D eigenvalue weighted by Crippen LogP contribution is 2.25. The third kappa shape index (κ3) is 1.29. The first-order chi connectivity index (χ1) is 7.38. The van der Waals surface area contributed by atoms with E-state index in [4.69, 9.17) is 0 Å². The van der Waals surface area contributed by atoms with E-state index in [0.717, 1.165) is 17.4 Å². The van der Waals surface area contributed by atoms with Gasteiger partial charge in [0, 0.05) is 23.0 Å². The molecule has 0 aliphatic heterocycles. The molecule has 2 nitrogen and oxygen atoms in total. The van der Waals surface area contributed by atoms with Crippen molar-refractivity contribution >= 4 is 11.8 Å². The molecule has 2 heterocycles. The Hall–Kier alpha value is -1.57. The van der Waals surface area contributed by atoms with Gasteiger partial charge in [-0.3, -0.25) is 4.79 Å². The zero-order chi connectivity index (χ0) is 10.3. The summed E-state index contributed by atoms with van der Waals surface area (Å²) in [5, 5.41) is 0. The van der Waals surface area contributed by atoms with Crippen LogP contribution in [0, 0.1) is 0 Å². The highest BCUT2D eigenvalue weighted by Gasteiger charge is 2.13. The van der Waals surface area contributed by atoms with Crippen LogP contribution in [-0.4, -0.2) is 10.7 Å². The predicted octanol–water partition coefficient (Wildman–Crippen LogP) is 2.63. The van der Waals surface area contributed by atoms with E-state index in [9.17, 15) is 4.79 Å². The van der Waals surface area contributed by atoms with Crippen LogP contribution >= 0.6 is 0 Å². The molecule has 15 heavy (non-hydrogen) atoms. The standard InChI is InChI=1S/C13H13NO/c15-9-10-5-6-14-12(7-10)8-11-3-1-2-4-13(11)14/h5-9H,1-4H2. The molecule has 0 amide bonds. The predicted molar refractivity (Wildman–Crippen MR) is 59.4 cm³/mol. The molecule has 76 valence electrons. The average molecular weight is 199 g/mol. The number of pyridine rings is 1. The summed E-state index contributed by atoms with van der Waals surface area (Å²) in [7, 11) is 0. The molecular formula is C13H13NO. The highest BCUT2D eigenvalue weighted by molar-refractivity contribution is 5.77. The van der Waals surface area contributed by atoms with Crippen LogP contribution in [0.2, 0.25) is 0 Å². The number of aryl methyl sites for hydroxylation is 2. The third-order valence-electron chi connectivity index (χ3n) is 3.24. The molecule has 0 spiro atoms. The maximum atomic E-state index is 10.7. The molecule has 2 aromatic heterocycles. The van der Waals surface area contributed by atoms with Gasteiger partial charge in [-0.05, 0) is 49.4 Å². The zero-order valence-corrected chi connectivity index (χ0v) is 8.57. The molecule has 3 rings (SSSR count). The van der Waals surface area contributed by atoms with Gasteiger partial charge in [-0.15, -0.1) is 0 Å². The van der Waals surface area contributed by atoms with E-state index in [1.165, 1.54) is 36.9 Å². The summed E-state index contributed by atoms with van der Waals surface area (Å²) < 4.78 is 2.22. The van der Waals surface area contributed by atoms with E-state index < -0.39 is 0 Å². The van der Waals surface area contributed by atoms with Crippen LogP contribution in [-0.2, 0) is 12.8 Å². The fraction of sp³-hybridized carbons (Fsp3) is 0.308. The number of carbonyl (C=O) groups is 1. The van der Waals surface area contributed by atoms with Crippen LogP contribution < -0.4 is 0 Å². The second kappa shape index (κ2) is 3.23. The number of carbonyl (C=O) groups excluding carboxylic acids is 1. The fourth-order valence-corrected chi connectivity index (χ4v) is 2.49. The van der Waals surface area contributed by atoms with Gasteiger partial charge in [0.05, 0.1) is 0 Å². The first-order valence-electron chi connectivity index (χ1n) is 5.46. The van der Waals surface area contributed by atoms with Crippen LogP contribution in [0.5, 0.6) is 0 Å². The molecule has 0 bridgehead atoms. The number of rotatable bonds is 1. The van der Waals surface area contributed by atoms with Gasteiger partial charge in [-0.2, -0.15) is 0 Å². The van der Waals surface area contributed by atoms with Gasteiger partial charge < -0.3 is 4.40 Å². The van der Waals surface area contributed by atoms with Crippen molar-refractivity contribution in [3.05, 3.63) is 41.2 Å². The SMILES string of the molecule is O=Cc1ccn2c3c(cc2c1)CCCC3. The lowest BCUT2D eigenvalue weighted by atomic mass is 9.98. The summed E-state index contributed by atoms with van der Waals surface area (Å²) in [5.74, 6) is 0. The molecule has 0 N–H and O–H groups in total. The first kappa shape index (κ1) is 8.72. The van der Waals surface area contributed by atoms with Crippen molar-refractivity contribution in [2.24, 2.45) is 0 Å². The van der Waals surface area contributed by atoms with Crippen LogP contribution in [0.25, 0.3) is 5.52 Å². The molecule has 0 atom stereocenters. The number of aromatic nitrogens is 1. The Morgan fingerprint density at radius 2 is 2.07 bits per heavy atom. The summed E-state index contributed by atoms with van der Waals surface area (Å²) in [5.41, 5.74) is 4.82. The van der Waals surface area contributed by atoms with Crippen molar-refractivity contribution in [3.8, 4) is 0 Å². The number of aldehydes is 1. The smallest absolute Gasteiger partial charge is 0.150 e. The summed E-state index contributed by atoms with van der Waals surface area (Å²) in [6, 6.07) is 6.07. The summed E-state index contributed by atoms with van der Waals surface area (Å²) >= 11 is 0. The fourth-order valence-electron chi connectivity index (χ4n) is 2.49. The van der Waals surface area contributed by atoms with E-state index in [0.29, 0.717) is 0 Å². The molecule has 0 saturated carbocycles. The number of hydrogen-bond acceptors (Lipinski definition) is 1. The van der Waals surface area contributed by atoms with E-state index >= 15 is 0 Å². The van der Waals surface area contributed by atoms with Gasteiger partial charge >= 0.3 is 0 Å². The Kier molecular flexibility index (Phi) is 1.88. The van der Waals surface area contributed by atoms with Crippen molar-refractivity contribution in [2.75, 3.05) is 0 Å². The molecule has 2 heteroatoms. The molecule has 2 aromatic rings. The maximum absolute atomic E-state index is 10.7. The normalized spacial score (nSPS) is 15.2. The number of nitrogens with zero attached hydrogens (tertiary/aromatic N) is 1. The zero-order valence-electron chi connectivity index (χ0n) is 8.57. The highest BCUT2D eigenvalue weighted by atomic mass is 16.1. The number of fused-ring (bicyclic) bond motifs is 3. The Morgan fingerprint density at radius 1 is 1.20 bits per heavy atom. The Morgan fingerprint density at radius 3 is 2.93 bits per heavy atom. The van der Waals surface area contributed by atoms with Crippen LogP contribution in [0.1, 0.15) is 34.5 Å². The molecule has 0 fully saturated rings. The lowest BCUT2D eigenvalue weighted by Crippen LogP contribution is -2.02. The molecule has 1 aliphatic carbocycles. The third-order valence-corrected chi connectivity index (χ3v) is 3.24. The number of hydrogen-bond donors (Lipinski definition) is 0.